The monoisotopic (exact) mass is 189 g/mol. The van der Waals surface area contributed by atoms with Crippen LogP contribution < -0.4 is 16.8 Å². The zero-order chi connectivity index (χ0) is 10.4. The Morgan fingerprint density at radius 1 is 1.15 bits per heavy atom. The maximum Gasteiger partial charge on any atom is 0.413 e. The molecule has 9 nitrogen and oxygen atoms in total. The summed E-state index contributed by atoms with van der Waals surface area (Å²) in [4.78, 5) is 20.1. The van der Waals surface area contributed by atoms with Gasteiger partial charge in [-0.05, 0) is 0 Å². The highest BCUT2D eigenvalue weighted by molar-refractivity contribution is 5.96. The Bertz CT molecular complexity index is 235. The van der Waals surface area contributed by atoms with E-state index in [0.29, 0.717) is 0 Å². The van der Waals surface area contributed by atoms with Crippen molar-refractivity contribution in [2.45, 2.75) is 0 Å². The zero-order valence-corrected chi connectivity index (χ0v) is 6.29. The van der Waals surface area contributed by atoms with Gasteiger partial charge in [0.25, 0.3) is 6.02 Å². The molecule has 0 aliphatic carbocycles. The molecule has 7 N–H and O–H groups in total. The van der Waals surface area contributed by atoms with Gasteiger partial charge in [-0.2, -0.15) is 0 Å². The molecule has 0 saturated heterocycles. The number of nitrogens with two attached hydrogens (primary N) is 2. The van der Waals surface area contributed by atoms with Gasteiger partial charge in [-0.15, -0.1) is 0 Å². The van der Waals surface area contributed by atoms with Crippen molar-refractivity contribution < 1.29 is 19.1 Å². The normalized spacial score (nSPS) is 8.31. The summed E-state index contributed by atoms with van der Waals surface area (Å²) in [5.41, 5.74) is 9.10. The average molecular weight is 189 g/mol. The van der Waals surface area contributed by atoms with Crippen LogP contribution in [0.15, 0.2) is 0 Å². The molecule has 0 bridgehead atoms. The lowest BCUT2D eigenvalue weighted by molar-refractivity contribution is 0.192. The minimum Gasteiger partial charge on any atom is -0.377 e. The summed E-state index contributed by atoms with van der Waals surface area (Å²) in [6.45, 7) is 0. The summed E-state index contributed by atoms with van der Waals surface area (Å²) >= 11 is 0. The van der Waals surface area contributed by atoms with Crippen molar-refractivity contribution in [2.75, 3.05) is 0 Å². The van der Waals surface area contributed by atoms with Crippen LogP contribution in [-0.2, 0) is 9.47 Å². The highest BCUT2D eigenvalue weighted by Gasteiger charge is 2.08. The second-order valence-electron chi connectivity index (χ2n) is 1.63. The quantitative estimate of drug-likeness (QED) is 0.234. The third-order valence-corrected chi connectivity index (χ3v) is 0.625. The van der Waals surface area contributed by atoms with E-state index in [4.69, 9.17) is 10.8 Å². The van der Waals surface area contributed by atoms with Crippen molar-refractivity contribution >= 4 is 24.2 Å². The highest BCUT2D eigenvalue weighted by atomic mass is 16.7. The molecule has 0 fully saturated rings. The molecule has 13 heavy (non-hydrogen) atoms. The molecular formula is C4H7N5O4. The molecule has 0 aromatic rings. The Balaban J connectivity index is 3.85. The Kier molecular flexibility index (Phi) is 3.73. The number of amides is 3. The lowest BCUT2D eigenvalue weighted by Crippen LogP contribution is -2.37. The van der Waals surface area contributed by atoms with E-state index in [0.717, 1.165) is 0 Å². The summed E-state index contributed by atoms with van der Waals surface area (Å²) in [6.07, 6.45) is -2.30. The predicted octanol–water partition coefficient (Wildman–Crippen LogP) is -1.36. The van der Waals surface area contributed by atoms with Crippen LogP contribution in [0.5, 0.6) is 0 Å². The van der Waals surface area contributed by atoms with Crippen LogP contribution in [0.1, 0.15) is 0 Å². The summed E-state index contributed by atoms with van der Waals surface area (Å²) in [5.74, 6) is 0. The number of carbonyl (C=O) groups is 2. The van der Waals surface area contributed by atoms with Gasteiger partial charge in [0.1, 0.15) is 0 Å². The summed E-state index contributed by atoms with van der Waals surface area (Å²) < 4.78 is 7.97. The first kappa shape index (κ1) is 10.7. The van der Waals surface area contributed by atoms with Gasteiger partial charge in [-0.1, -0.05) is 0 Å². The molecule has 0 rings (SSSR count). The van der Waals surface area contributed by atoms with Gasteiger partial charge in [0.05, 0.1) is 0 Å². The van der Waals surface area contributed by atoms with Crippen molar-refractivity contribution in [3.63, 3.8) is 0 Å². The fraction of sp³-hybridized carbons (Fsp3) is 0. The number of nitrogens with one attached hydrogen (secondary N) is 3. The summed E-state index contributed by atoms with van der Waals surface area (Å²) in [6, 6.07) is -1.89. The number of hydrogen-bond donors (Lipinski definition) is 5. The van der Waals surface area contributed by atoms with Crippen LogP contribution in [0, 0.1) is 10.8 Å². The molecule has 0 unspecified atom stereocenters. The van der Waals surface area contributed by atoms with E-state index in [1.807, 2.05) is 0 Å². The standard InChI is InChI=1S/C4H7N5O4/c5-1(10)9-2(6)12-4(8)13-3(7)11/h8H,(H2,7,11)(H4,5,6,9,10). The van der Waals surface area contributed by atoms with Crippen molar-refractivity contribution in [3.05, 3.63) is 0 Å². The second kappa shape index (κ2) is 4.54. The molecule has 0 aliphatic rings. The van der Waals surface area contributed by atoms with E-state index in [-0.39, 0.29) is 0 Å². The summed E-state index contributed by atoms with van der Waals surface area (Å²) in [7, 11) is 0. The van der Waals surface area contributed by atoms with E-state index < -0.39 is 24.2 Å². The lowest BCUT2D eigenvalue weighted by atomic mass is 10.9. The van der Waals surface area contributed by atoms with Crippen LogP contribution in [0.3, 0.4) is 0 Å². The second-order valence-corrected chi connectivity index (χ2v) is 1.63. The minimum absolute atomic E-state index is 0.848. The van der Waals surface area contributed by atoms with Crippen LogP contribution in [0.4, 0.5) is 9.59 Å². The van der Waals surface area contributed by atoms with Crippen molar-refractivity contribution in [2.24, 2.45) is 11.5 Å². The number of hydrogen-bond acceptors (Lipinski definition) is 6. The van der Waals surface area contributed by atoms with Gasteiger partial charge in [-0.25, -0.2) is 15.0 Å². The largest absolute Gasteiger partial charge is 0.413 e. The van der Waals surface area contributed by atoms with Crippen LogP contribution in [-0.4, -0.2) is 24.2 Å². The minimum atomic E-state index is -1.27. The third kappa shape index (κ3) is 6.09. The molecular weight excluding hydrogens is 182 g/mol. The van der Waals surface area contributed by atoms with Gasteiger partial charge in [-0.3, -0.25) is 10.7 Å². The SMILES string of the molecule is N=C(NC(N)=O)OC(=N)OC(N)=O. The first-order chi connectivity index (χ1) is 5.91. The third-order valence-electron chi connectivity index (χ3n) is 0.625. The first-order valence-corrected chi connectivity index (χ1v) is 2.80. The first-order valence-electron chi connectivity index (χ1n) is 2.80. The number of primary amides is 2. The van der Waals surface area contributed by atoms with Gasteiger partial charge in [0.15, 0.2) is 0 Å². The number of amidine groups is 1. The molecule has 0 aromatic heterocycles. The topological polar surface area (TPSA) is 164 Å². The van der Waals surface area contributed by atoms with Gasteiger partial charge >= 0.3 is 18.2 Å². The Morgan fingerprint density at radius 3 is 2.08 bits per heavy atom. The van der Waals surface area contributed by atoms with Gasteiger partial charge < -0.3 is 20.9 Å². The zero-order valence-electron chi connectivity index (χ0n) is 6.29. The fourth-order valence-electron chi connectivity index (χ4n) is 0.342. The predicted molar refractivity (Wildman–Crippen MR) is 39.9 cm³/mol. The van der Waals surface area contributed by atoms with Crippen molar-refractivity contribution in [3.8, 4) is 0 Å². The Hall–Kier alpha value is -2.32. The van der Waals surface area contributed by atoms with Crippen molar-refractivity contribution in [1.29, 1.82) is 10.8 Å². The molecule has 0 aromatic carbocycles. The molecule has 0 spiro atoms. The van der Waals surface area contributed by atoms with E-state index in [1.54, 1.807) is 5.32 Å². The van der Waals surface area contributed by atoms with Crippen LogP contribution >= 0.6 is 0 Å². The highest BCUT2D eigenvalue weighted by Crippen LogP contribution is 1.82. The molecule has 0 atom stereocenters. The molecule has 0 saturated carbocycles. The Morgan fingerprint density at radius 2 is 1.69 bits per heavy atom. The van der Waals surface area contributed by atoms with Crippen LogP contribution in [0.2, 0.25) is 0 Å². The number of urea groups is 1. The van der Waals surface area contributed by atoms with E-state index in [1.165, 1.54) is 0 Å². The van der Waals surface area contributed by atoms with Gasteiger partial charge in [0, 0.05) is 0 Å². The molecule has 0 aliphatic heterocycles. The molecule has 0 heterocycles. The fourth-order valence-corrected chi connectivity index (χ4v) is 0.342. The Labute approximate surface area is 72.0 Å². The summed E-state index contributed by atoms with van der Waals surface area (Å²) in [5, 5.41) is 15.2. The van der Waals surface area contributed by atoms with Crippen LogP contribution in [0.25, 0.3) is 0 Å². The maximum atomic E-state index is 10.1. The number of carbonyl (C=O) groups excluding carboxylic acids is 2. The van der Waals surface area contributed by atoms with E-state index in [2.05, 4.69) is 20.9 Å². The van der Waals surface area contributed by atoms with Gasteiger partial charge in [0.2, 0.25) is 0 Å². The molecule has 3 amide bonds. The van der Waals surface area contributed by atoms with Crippen molar-refractivity contribution in [1.82, 2.24) is 5.32 Å². The molecule has 9 heteroatoms. The lowest BCUT2D eigenvalue weighted by Gasteiger charge is -2.04. The molecule has 0 radical (unpaired) electrons. The number of ether oxygens (including phenoxy) is 2. The smallest absolute Gasteiger partial charge is 0.377 e. The maximum absolute atomic E-state index is 10.1. The molecule has 72 valence electrons. The van der Waals surface area contributed by atoms with E-state index in [9.17, 15) is 9.59 Å². The van der Waals surface area contributed by atoms with E-state index >= 15 is 0 Å². The average Bonchev–Trinajstić information content (AvgIpc) is 1.80. The number of rotatable bonds is 0.